The number of nitrogens with zero attached hydrogens (tertiary/aromatic N) is 2. The summed E-state index contributed by atoms with van der Waals surface area (Å²) in [5, 5.41) is 11.7. The molecule has 2 rings (SSSR count). The molecule has 0 unspecified atom stereocenters. The van der Waals surface area contributed by atoms with Gasteiger partial charge in [0, 0.05) is 13.2 Å². The summed E-state index contributed by atoms with van der Waals surface area (Å²) < 4.78 is 5.18. The van der Waals surface area contributed by atoms with Gasteiger partial charge in [0.2, 0.25) is 11.0 Å². The molecule has 0 aliphatic carbocycles. The zero-order valence-electron chi connectivity index (χ0n) is 9.02. The molecule has 1 aromatic rings. The van der Waals surface area contributed by atoms with Crippen LogP contribution in [0.4, 0.5) is 5.13 Å². The number of aromatic nitrogens is 2. The number of hydrogen-bond acceptors (Lipinski definition) is 6. The van der Waals surface area contributed by atoms with Gasteiger partial charge in [-0.05, 0) is 19.8 Å². The lowest BCUT2D eigenvalue weighted by Crippen LogP contribution is -2.54. The highest BCUT2D eigenvalue weighted by molar-refractivity contribution is 7.15. The highest BCUT2D eigenvalue weighted by Crippen LogP contribution is 2.21. The van der Waals surface area contributed by atoms with Crippen LogP contribution < -0.4 is 11.1 Å². The van der Waals surface area contributed by atoms with E-state index in [0.29, 0.717) is 31.2 Å². The van der Waals surface area contributed by atoms with Gasteiger partial charge < -0.3 is 10.5 Å². The van der Waals surface area contributed by atoms with Crippen molar-refractivity contribution in [2.45, 2.75) is 25.3 Å². The Morgan fingerprint density at radius 2 is 2.19 bits per heavy atom. The standard InChI is InChI=1S/C9H14N4O2S/c1-6-12-13-8(16-6)11-7(14)9(10)2-4-15-5-3-9/h2-5,10H2,1H3,(H,11,13,14). The Morgan fingerprint density at radius 1 is 1.50 bits per heavy atom. The molecular formula is C9H14N4O2S. The van der Waals surface area contributed by atoms with Crippen molar-refractivity contribution in [3.8, 4) is 0 Å². The summed E-state index contributed by atoms with van der Waals surface area (Å²) in [6.07, 6.45) is 1.08. The minimum atomic E-state index is -0.835. The minimum Gasteiger partial charge on any atom is -0.381 e. The molecule has 0 radical (unpaired) electrons. The van der Waals surface area contributed by atoms with Crippen molar-refractivity contribution in [2.24, 2.45) is 5.73 Å². The average Bonchev–Trinajstić information content (AvgIpc) is 2.65. The Bertz CT molecular complexity index is 387. The molecule has 3 N–H and O–H groups in total. The molecule has 0 atom stereocenters. The van der Waals surface area contributed by atoms with Gasteiger partial charge in [-0.1, -0.05) is 11.3 Å². The highest BCUT2D eigenvalue weighted by Gasteiger charge is 2.36. The fourth-order valence-electron chi connectivity index (χ4n) is 1.53. The second-order valence-corrected chi connectivity index (χ2v) is 5.03. The van der Waals surface area contributed by atoms with Gasteiger partial charge >= 0.3 is 0 Å². The number of amides is 1. The fraction of sp³-hybridized carbons (Fsp3) is 0.667. The minimum absolute atomic E-state index is 0.202. The second kappa shape index (κ2) is 4.44. The molecule has 0 saturated carbocycles. The molecule has 1 aliphatic rings. The molecule has 1 saturated heterocycles. The fourth-order valence-corrected chi connectivity index (χ4v) is 2.12. The normalized spacial score (nSPS) is 19.4. The van der Waals surface area contributed by atoms with Gasteiger partial charge in [-0.2, -0.15) is 0 Å². The zero-order valence-corrected chi connectivity index (χ0v) is 9.84. The van der Waals surface area contributed by atoms with E-state index in [2.05, 4.69) is 15.5 Å². The van der Waals surface area contributed by atoms with Crippen LogP contribution in [0, 0.1) is 6.92 Å². The van der Waals surface area contributed by atoms with E-state index in [1.807, 2.05) is 6.92 Å². The summed E-state index contributed by atoms with van der Waals surface area (Å²) in [5.74, 6) is -0.202. The first-order valence-corrected chi connectivity index (χ1v) is 5.90. The van der Waals surface area contributed by atoms with Crippen LogP contribution in [-0.4, -0.2) is 34.9 Å². The predicted molar refractivity (Wildman–Crippen MR) is 60.2 cm³/mol. The van der Waals surface area contributed by atoms with Gasteiger partial charge in [-0.15, -0.1) is 10.2 Å². The predicted octanol–water partition coefficient (Wildman–Crippen LogP) is 0.293. The van der Waals surface area contributed by atoms with E-state index in [9.17, 15) is 4.79 Å². The number of carbonyl (C=O) groups excluding carboxylic acids is 1. The zero-order chi connectivity index (χ0) is 11.6. The third-order valence-electron chi connectivity index (χ3n) is 2.58. The lowest BCUT2D eigenvalue weighted by atomic mass is 9.90. The molecule has 0 aromatic carbocycles. The van der Waals surface area contributed by atoms with Crippen LogP contribution in [-0.2, 0) is 9.53 Å². The quantitative estimate of drug-likeness (QED) is 0.778. The first-order chi connectivity index (χ1) is 7.60. The Kier molecular flexibility index (Phi) is 3.17. The van der Waals surface area contributed by atoms with E-state index in [4.69, 9.17) is 10.5 Å². The number of ether oxygens (including phenoxy) is 1. The number of aryl methyl sites for hydroxylation is 1. The molecule has 88 valence electrons. The van der Waals surface area contributed by atoms with E-state index >= 15 is 0 Å². The Labute approximate surface area is 97.2 Å². The van der Waals surface area contributed by atoms with Crippen molar-refractivity contribution in [2.75, 3.05) is 18.5 Å². The van der Waals surface area contributed by atoms with Crippen LogP contribution in [0.2, 0.25) is 0 Å². The van der Waals surface area contributed by atoms with Gasteiger partial charge in [0.25, 0.3) is 0 Å². The maximum Gasteiger partial charge on any atom is 0.246 e. The highest BCUT2D eigenvalue weighted by atomic mass is 32.1. The SMILES string of the molecule is Cc1nnc(NC(=O)C2(N)CCOCC2)s1. The molecular weight excluding hydrogens is 228 g/mol. The lowest BCUT2D eigenvalue weighted by molar-refractivity contribution is -0.124. The summed E-state index contributed by atoms with van der Waals surface area (Å²) in [6, 6.07) is 0. The number of carbonyl (C=O) groups is 1. The van der Waals surface area contributed by atoms with E-state index < -0.39 is 5.54 Å². The summed E-state index contributed by atoms with van der Waals surface area (Å²) in [4.78, 5) is 11.9. The van der Waals surface area contributed by atoms with Crippen LogP contribution >= 0.6 is 11.3 Å². The average molecular weight is 242 g/mol. The molecule has 7 heteroatoms. The van der Waals surface area contributed by atoms with E-state index in [1.54, 1.807) is 0 Å². The number of nitrogens with two attached hydrogens (primary N) is 1. The summed E-state index contributed by atoms with van der Waals surface area (Å²) in [6.45, 7) is 2.89. The van der Waals surface area contributed by atoms with E-state index in [1.165, 1.54) is 11.3 Å². The van der Waals surface area contributed by atoms with Crippen LogP contribution in [0.5, 0.6) is 0 Å². The van der Waals surface area contributed by atoms with Crippen LogP contribution in [0.25, 0.3) is 0 Å². The van der Waals surface area contributed by atoms with Crippen molar-refractivity contribution in [1.29, 1.82) is 0 Å². The molecule has 16 heavy (non-hydrogen) atoms. The van der Waals surface area contributed by atoms with Crippen molar-refractivity contribution in [3.05, 3.63) is 5.01 Å². The number of hydrogen-bond donors (Lipinski definition) is 2. The van der Waals surface area contributed by atoms with Crippen molar-refractivity contribution < 1.29 is 9.53 Å². The Balaban J connectivity index is 2.01. The molecule has 2 heterocycles. The van der Waals surface area contributed by atoms with Crippen LogP contribution in [0.1, 0.15) is 17.8 Å². The first-order valence-electron chi connectivity index (χ1n) is 5.08. The smallest absolute Gasteiger partial charge is 0.246 e. The molecule has 1 aliphatic heterocycles. The molecule has 0 bridgehead atoms. The maximum atomic E-state index is 11.9. The Hall–Kier alpha value is -1.05. The van der Waals surface area contributed by atoms with E-state index in [0.717, 1.165) is 5.01 Å². The monoisotopic (exact) mass is 242 g/mol. The summed E-state index contributed by atoms with van der Waals surface area (Å²) in [7, 11) is 0. The van der Waals surface area contributed by atoms with Gasteiger partial charge in [0.15, 0.2) is 0 Å². The molecule has 0 spiro atoms. The first kappa shape index (κ1) is 11.4. The van der Waals surface area contributed by atoms with Crippen LogP contribution in [0.15, 0.2) is 0 Å². The number of nitrogens with one attached hydrogen (secondary N) is 1. The van der Waals surface area contributed by atoms with Gasteiger partial charge in [-0.3, -0.25) is 10.1 Å². The molecule has 1 aromatic heterocycles. The molecule has 6 nitrogen and oxygen atoms in total. The van der Waals surface area contributed by atoms with Crippen molar-refractivity contribution in [3.63, 3.8) is 0 Å². The second-order valence-electron chi connectivity index (χ2n) is 3.85. The van der Waals surface area contributed by atoms with Gasteiger partial charge in [-0.25, -0.2) is 0 Å². The van der Waals surface area contributed by atoms with Crippen LogP contribution in [0.3, 0.4) is 0 Å². The van der Waals surface area contributed by atoms with Crippen molar-refractivity contribution in [1.82, 2.24) is 10.2 Å². The number of rotatable bonds is 2. The van der Waals surface area contributed by atoms with Crippen molar-refractivity contribution >= 4 is 22.4 Å². The number of anilines is 1. The summed E-state index contributed by atoms with van der Waals surface area (Å²) >= 11 is 1.34. The molecule has 1 amide bonds. The lowest BCUT2D eigenvalue weighted by Gasteiger charge is -2.31. The largest absolute Gasteiger partial charge is 0.381 e. The topological polar surface area (TPSA) is 90.1 Å². The third kappa shape index (κ3) is 2.37. The Morgan fingerprint density at radius 3 is 2.75 bits per heavy atom. The van der Waals surface area contributed by atoms with E-state index in [-0.39, 0.29) is 5.91 Å². The van der Waals surface area contributed by atoms with Gasteiger partial charge in [0.1, 0.15) is 10.5 Å². The molecule has 1 fully saturated rings. The third-order valence-corrected chi connectivity index (χ3v) is 3.34. The van der Waals surface area contributed by atoms with Gasteiger partial charge in [0.05, 0.1) is 0 Å². The maximum absolute atomic E-state index is 11.9. The summed E-state index contributed by atoms with van der Waals surface area (Å²) in [5.41, 5.74) is 5.19.